The quantitative estimate of drug-likeness (QED) is 0.920. The standard InChI is InChI=1S/C19H28N2O/c22-19(20-17-12-6-2-7-13-17)18(16-10-4-1-5-11-16)21-14-8-3-9-15-21/h1,4-5,10-11,17-18H,2-3,6-9,12-15H2,(H,20,22). The van der Waals surface area contributed by atoms with Gasteiger partial charge in [-0.05, 0) is 44.3 Å². The Balaban J connectivity index is 1.73. The molecule has 0 aromatic heterocycles. The van der Waals surface area contributed by atoms with Gasteiger partial charge < -0.3 is 5.32 Å². The van der Waals surface area contributed by atoms with Crippen molar-refractivity contribution in [2.45, 2.75) is 63.5 Å². The van der Waals surface area contributed by atoms with Crippen molar-refractivity contribution in [2.24, 2.45) is 0 Å². The summed E-state index contributed by atoms with van der Waals surface area (Å²) in [6.45, 7) is 2.08. The highest BCUT2D eigenvalue weighted by molar-refractivity contribution is 5.83. The minimum atomic E-state index is -0.108. The highest BCUT2D eigenvalue weighted by atomic mass is 16.2. The maximum atomic E-state index is 13.0. The number of carbonyl (C=O) groups is 1. The number of amides is 1. The van der Waals surface area contributed by atoms with E-state index >= 15 is 0 Å². The molecule has 1 aliphatic carbocycles. The third-order valence-electron chi connectivity index (χ3n) is 5.07. The van der Waals surface area contributed by atoms with Gasteiger partial charge in [-0.2, -0.15) is 0 Å². The molecule has 1 saturated carbocycles. The van der Waals surface area contributed by atoms with Crippen LogP contribution in [0.5, 0.6) is 0 Å². The topological polar surface area (TPSA) is 32.3 Å². The van der Waals surface area contributed by atoms with E-state index in [1.54, 1.807) is 0 Å². The molecule has 2 aliphatic rings. The Labute approximate surface area is 134 Å². The summed E-state index contributed by atoms with van der Waals surface area (Å²) in [7, 11) is 0. The smallest absolute Gasteiger partial charge is 0.242 e. The zero-order valence-corrected chi connectivity index (χ0v) is 13.5. The van der Waals surface area contributed by atoms with E-state index in [2.05, 4.69) is 22.3 Å². The zero-order chi connectivity index (χ0) is 15.2. The number of carbonyl (C=O) groups excluding carboxylic acids is 1. The lowest BCUT2D eigenvalue weighted by Crippen LogP contribution is -2.46. The molecule has 3 heteroatoms. The molecule has 0 bridgehead atoms. The lowest BCUT2D eigenvalue weighted by atomic mass is 9.94. The van der Waals surface area contributed by atoms with E-state index in [-0.39, 0.29) is 11.9 Å². The van der Waals surface area contributed by atoms with Crippen molar-refractivity contribution in [1.29, 1.82) is 0 Å². The average Bonchev–Trinajstić information content (AvgIpc) is 2.58. The summed E-state index contributed by atoms with van der Waals surface area (Å²) in [4.78, 5) is 15.3. The molecule has 3 rings (SSSR count). The minimum absolute atomic E-state index is 0.108. The minimum Gasteiger partial charge on any atom is -0.352 e. The Morgan fingerprint density at radius 2 is 1.59 bits per heavy atom. The van der Waals surface area contributed by atoms with Gasteiger partial charge in [-0.3, -0.25) is 9.69 Å². The molecule has 1 atom stereocenters. The molecule has 3 nitrogen and oxygen atoms in total. The van der Waals surface area contributed by atoms with Crippen LogP contribution in [0.4, 0.5) is 0 Å². The molecule has 1 unspecified atom stereocenters. The molecule has 120 valence electrons. The largest absolute Gasteiger partial charge is 0.352 e. The van der Waals surface area contributed by atoms with Gasteiger partial charge in [0.15, 0.2) is 0 Å². The van der Waals surface area contributed by atoms with Crippen LogP contribution < -0.4 is 5.32 Å². The van der Waals surface area contributed by atoms with E-state index < -0.39 is 0 Å². The first-order valence-electron chi connectivity index (χ1n) is 8.94. The molecule has 0 spiro atoms. The van der Waals surface area contributed by atoms with Crippen LogP contribution in [0.15, 0.2) is 30.3 Å². The lowest BCUT2D eigenvalue weighted by molar-refractivity contribution is -0.128. The molecule has 1 aliphatic heterocycles. The number of nitrogens with one attached hydrogen (secondary N) is 1. The number of nitrogens with zero attached hydrogens (tertiary/aromatic N) is 1. The van der Waals surface area contributed by atoms with Crippen molar-refractivity contribution in [3.63, 3.8) is 0 Å². The van der Waals surface area contributed by atoms with Crippen LogP contribution in [-0.2, 0) is 4.79 Å². The predicted octanol–water partition coefficient (Wildman–Crippen LogP) is 3.66. The maximum Gasteiger partial charge on any atom is 0.242 e. The van der Waals surface area contributed by atoms with Crippen LogP contribution in [0.3, 0.4) is 0 Å². The number of hydrogen-bond acceptors (Lipinski definition) is 2. The van der Waals surface area contributed by atoms with Crippen LogP contribution in [0.25, 0.3) is 0 Å². The van der Waals surface area contributed by atoms with E-state index in [1.165, 1.54) is 38.5 Å². The monoisotopic (exact) mass is 300 g/mol. The van der Waals surface area contributed by atoms with Gasteiger partial charge in [0.1, 0.15) is 6.04 Å². The normalized spacial score (nSPS) is 22.2. The van der Waals surface area contributed by atoms with E-state index in [0.29, 0.717) is 6.04 Å². The summed E-state index contributed by atoms with van der Waals surface area (Å²) in [6.07, 6.45) is 9.83. The van der Waals surface area contributed by atoms with Crippen molar-refractivity contribution in [3.8, 4) is 0 Å². The van der Waals surface area contributed by atoms with Gasteiger partial charge >= 0.3 is 0 Å². The first kappa shape index (κ1) is 15.5. The van der Waals surface area contributed by atoms with Gasteiger partial charge in [0.25, 0.3) is 0 Å². The molecule has 22 heavy (non-hydrogen) atoms. The van der Waals surface area contributed by atoms with E-state index in [0.717, 1.165) is 31.5 Å². The summed E-state index contributed by atoms with van der Waals surface area (Å²) in [5, 5.41) is 3.33. The fourth-order valence-corrected chi connectivity index (χ4v) is 3.87. The Morgan fingerprint density at radius 3 is 2.27 bits per heavy atom. The third kappa shape index (κ3) is 3.89. The second kappa shape index (κ2) is 7.77. The summed E-state index contributed by atoms with van der Waals surface area (Å²) < 4.78 is 0. The van der Waals surface area contributed by atoms with Crippen LogP contribution in [0, 0.1) is 0 Å². The van der Waals surface area contributed by atoms with Gasteiger partial charge in [-0.1, -0.05) is 56.0 Å². The van der Waals surface area contributed by atoms with Crippen LogP contribution in [0.1, 0.15) is 63.0 Å². The number of hydrogen-bond donors (Lipinski definition) is 1. The van der Waals surface area contributed by atoms with Crippen molar-refractivity contribution in [1.82, 2.24) is 10.2 Å². The average molecular weight is 300 g/mol. The van der Waals surface area contributed by atoms with E-state index in [9.17, 15) is 4.79 Å². The van der Waals surface area contributed by atoms with Gasteiger partial charge in [-0.25, -0.2) is 0 Å². The predicted molar refractivity (Wildman–Crippen MR) is 89.6 cm³/mol. The van der Waals surface area contributed by atoms with Crippen molar-refractivity contribution >= 4 is 5.91 Å². The summed E-state index contributed by atoms with van der Waals surface area (Å²) in [5.41, 5.74) is 1.14. The van der Waals surface area contributed by atoms with Crippen molar-refractivity contribution in [3.05, 3.63) is 35.9 Å². The Bertz CT molecular complexity index is 462. The Morgan fingerprint density at radius 1 is 0.955 bits per heavy atom. The molecular weight excluding hydrogens is 272 g/mol. The van der Waals surface area contributed by atoms with Crippen LogP contribution in [-0.4, -0.2) is 29.9 Å². The van der Waals surface area contributed by atoms with E-state index in [4.69, 9.17) is 0 Å². The first-order chi connectivity index (χ1) is 10.8. The molecule has 1 heterocycles. The fourth-order valence-electron chi connectivity index (χ4n) is 3.87. The number of benzene rings is 1. The van der Waals surface area contributed by atoms with E-state index in [1.807, 2.05) is 18.2 Å². The first-order valence-corrected chi connectivity index (χ1v) is 8.94. The van der Waals surface area contributed by atoms with Crippen molar-refractivity contribution < 1.29 is 4.79 Å². The zero-order valence-electron chi connectivity index (χ0n) is 13.5. The summed E-state index contributed by atoms with van der Waals surface area (Å²) >= 11 is 0. The third-order valence-corrected chi connectivity index (χ3v) is 5.07. The number of piperidine rings is 1. The van der Waals surface area contributed by atoms with Crippen LogP contribution in [0.2, 0.25) is 0 Å². The van der Waals surface area contributed by atoms with Gasteiger partial charge in [0.2, 0.25) is 5.91 Å². The number of likely N-dealkylation sites (tertiary alicyclic amines) is 1. The molecule has 1 amide bonds. The lowest BCUT2D eigenvalue weighted by Gasteiger charge is -2.35. The molecule has 1 aromatic rings. The Hall–Kier alpha value is -1.35. The molecular formula is C19H28N2O. The second-order valence-corrected chi connectivity index (χ2v) is 6.75. The van der Waals surface area contributed by atoms with Gasteiger partial charge in [0, 0.05) is 6.04 Å². The summed E-state index contributed by atoms with van der Waals surface area (Å²) in [5.74, 6) is 0.208. The summed E-state index contributed by atoms with van der Waals surface area (Å²) in [6, 6.07) is 10.6. The van der Waals surface area contributed by atoms with Crippen molar-refractivity contribution in [2.75, 3.05) is 13.1 Å². The molecule has 0 radical (unpaired) electrons. The van der Waals surface area contributed by atoms with Crippen LogP contribution >= 0.6 is 0 Å². The molecule has 1 aromatic carbocycles. The highest BCUT2D eigenvalue weighted by Gasteiger charge is 2.30. The highest BCUT2D eigenvalue weighted by Crippen LogP contribution is 2.26. The fraction of sp³-hybridized carbons (Fsp3) is 0.632. The number of rotatable bonds is 4. The SMILES string of the molecule is O=C(NC1CCCCC1)C(c1ccccc1)N1CCCCC1. The van der Waals surface area contributed by atoms with Gasteiger partial charge in [0.05, 0.1) is 0 Å². The Kier molecular flexibility index (Phi) is 5.49. The molecule has 1 N–H and O–H groups in total. The second-order valence-electron chi connectivity index (χ2n) is 6.75. The molecule has 1 saturated heterocycles. The maximum absolute atomic E-state index is 13.0. The molecule has 2 fully saturated rings. The van der Waals surface area contributed by atoms with Gasteiger partial charge in [-0.15, -0.1) is 0 Å².